The van der Waals surface area contributed by atoms with Crippen LogP contribution in [0.1, 0.15) is 29.4 Å². The van der Waals surface area contributed by atoms with Crippen LogP contribution in [0.5, 0.6) is 0 Å². The Morgan fingerprint density at radius 3 is 2.96 bits per heavy atom. The summed E-state index contributed by atoms with van der Waals surface area (Å²) in [5.41, 5.74) is 1.97. The van der Waals surface area contributed by atoms with Gasteiger partial charge in [-0.2, -0.15) is 5.10 Å². The molecular formula is C15H18ClN7O. The molecule has 1 aliphatic rings. The zero-order chi connectivity index (χ0) is 15.6. The number of carbonyl (C=O) groups excluding carboxylic acids is 1. The number of hydrogen-bond acceptors (Lipinski definition) is 5. The monoisotopic (exact) mass is 347 g/mol. The fraction of sp³-hybridized carbons (Fsp3) is 0.333. The van der Waals surface area contributed by atoms with Gasteiger partial charge in [0.1, 0.15) is 0 Å². The van der Waals surface area contributed by atoms with Crippen LogP contribution in [0.3, 0.4) is 0 Å². The second-order valence-corrected chi connectivity index (χ2v) is 5.69. The van der Waals surface area contributed by atoms with Crippen molar-refractivity contribution >= 4 is 34.9 Å². The molecule has 24 heavy (non-hydrogen) atoms. The van der Waals surface area contributed by atoms with Gasteiger partial charge in [-0.25, -0.2) is 4.68 Å². The Hall–Kier alpha value is -2.45. The Kier molecular flexibility index (Phi) is 4.77. The molecule has 9 heteroatoms. The highest BCUT2D eigenvalue weighted by molar-refractivity contribution is 6.03. The van der Waals surface area contributed by atoms with Crippen LogP contribution in [0.2, 0.25) is 0 Å². The maximum Gasteiger partial charge on any atom is 0.277 e. The van der Waals surface area contributed by atoms with Gasteiger partial charge in [-0.15, -0.1) is 17.5 Å². The number of nitrogens with zero attached hydrogens (tertiary/aromatic N) is 4. The summed E-state index contributed by atoms with van der Waals surface area (Å²) in [5.74, 6) is -0.256. The second-order valence-electron chi connectivity index (χ2n) is 5.69. The number of hydrogen-bond donors (Lipinski definition) is 3. The van der Waals surface area contributed by atoms with Crippen LogP contribution >= 0.6 is 12.4 Å². The highest BCUT2D eigenvalue weighted by Gasteiger charge is 2.18. The number of aromatic nitrogens is 5. The molecule has 4 rings (SSSR count). The van der Waals surface area contributed by atoms with E-state index < -0.39 is 0 Å². The van der Waals surface area contributed by atoms with E-state index in [0.717, 1.165) is 36.8 Å². The first-order valence-electron chi connectivity index (χ1n) is 7.66. The van der Waals surface area contributed by atoms with E-state index in [1.165, 1.54) is 0 Å². The SMILES string of the molecule is Cl.O=C(Nc1ccc2[nH]ncc2c1)c1cn(C2CCNCC2)nn1. The molecule has 3 N–H and O–H groups in total. The molecule has 3 heterocycles. The fourth-order valence-corrected chi connectivity index (χ4v) is 2.85. The lowest BCUT2D eigenvalue weighted by atomic mass is 10.1. The first-order valence-corrected chi connectivity index (χ1v) is 7.66. The van der Waals surface area contributed by atoms with Gasteiger partial charge in [-0.3, -0.25) is 9.89 Å². The highest BCUT2D eigenvalue weighted by atomic mass is 35.5. The molecule has 0 bridgehead atoms. The minimum atomic E-state index is -0.256. The number of H-pyrrole nitrogens is 1. The number of piperidine rings is 1. The van der Waals surface area contributed by atoms with Crippen molar-refractivity contribution in [2.24, 2.45) is 0 Å². The third kappa shape index (κ3) is 3.24. The van der Waals surface area contributed by atoms with Gasteiger partial charge in [0.15, 0.2) is 5.69 Å². The zero-order valence-electron chi connectivity index (χ0n) is 12.9. The molecule has 1 aliphatic heterocycles. The molecule has 0 radical (unpaired) electrons. The molecule has 2 aromatic heterocycles. The number of fused-ring (bicyclic) bond motifs is 1. The van der Waals surface area contributed by atoms with Crippen molar-refractivity contribution < 1.29 is 4.79 Å². The van der Waals surface area contributed by atoms with Crippen molar-refractivity contribution in [2.75, 3.05) is 18.4 Å². The Labute approximate surface area is 144 Å². The number of carbonyl (C=O) groups is 1. The summed E-state index contributed by atoms with van der Waals surface area (Å²) in [6.45, 7) is 1.94. The number of amides is 1. The Balaban J connectivity index is 0.00000169. The molecule has 0 spiro atoms. The van der Waals surface area contributed by atoms with Gasteiger partial charge >= 0.3 is 0 Å². The molecule has 8 nitrogen and oxygen atoms in total. The van der Waals surface area contributed by atoms with Crippen molar-refractivity contribution in [1.29, 1.82) is 0 Å². The molecule has 0 atom stereocenters. The van der Waals surface area contributed by atoms with Crippen molar-refractivity contribution in [3.8, 4) is 0 Å². The van der Waals surface area contributed by atoms with Crippen molar-refractivity contribution in [1.82, 2.24) is 30.5 Å². The summed E-state index contributed by atoms with van der Waals surface area (Å²) >= 11 is 0. The minimum Gasteiger partial charge on any atom is -0.321 e. The largest absolute Gasteiger partial charge is 0.321 e. The average Bonchev–Trinajstić information content (AvgIpc) is 3.24. The molecule has 126 valence electrons. The lowest BCUT2D eigenvalue weighted by Crippen LogP contribution is -2.29. The van der Waals surface area contributed by atoms with E-state index in [4.69, 9.17) is 0 Å². The summed E-state index contributed by atoms with van der Waals surface area (Å²) in [7, 11) is 0. The van der Waals surface area contributed by atoms with Gasteiger partial charge in [0.05, 0.1) is 24.0 Å². The summed E-state index contributed by atoms with van der Waals surface area (Å²) < 4.78 is 1.80. The van der Waals surface area contributed by atoms with Gasteiger partial charge in [0.2, 0.25) is 0 Å². The number of nitrogens with one attached hydrogen (secondary N) is 3. The number of benzene rings is 1. The predicted molar refractivity (Wildman–Crippen MR) is 92.5 cm³/mol. The van der Waals surface area contributed by atoms with Crippen LogP contribution in [-0.4, -0.2) is 44.2 Å². The lowest BCUT2D eigenvalue weighted by molar-refractivity contribution is 0.102. The molecule has 1 fully saturated rings. The first-order chi connectivity index (χ1) is 11.3. The van der Waals surface area contributed by atoms with Crippen molar-refractivity contribution in [2.45, 2.75) is 18.9 Å². The molecule has 0 unspecified atom stereocenters. The van der Waals surface area contributed by atoms with Crippen LogP contribution < -0.4 is 10.6 Å². The molecule has 0 aliphatic carbocycles. The quantitative estimate of drug-likeness (QED) is 0.670. The van der Waals surface area contributed by atoms with E-state index in [1.807, 2.05) is 18.2 Å². The Bertz CT molecular complexity index is 837. The molecule has 1 amide bonds. The average molecular weight is 348 g/mol. The van der Waals surface area contributed by atoms with Gasteiger partial charge < -0.3 is 10.6 Å². The van der Waals surface area contributed by atoms with E-state index in [-0.39, 0.29) is 18.3 Å². The van der Waals surface area contributed by atoms with Crippen LogP contribution in [0.4, 0.5) is 5.69 Å². The fourth-order valence-electron chi connectivity index (χ4n) is 2.85. The summed E-state index contributed by atoms with van der Waals surface area (Å²) in [6, 6.07) is 5.89. The van der Waals surface area contributed by atoms with E-state index in [0.29, 0.717) is 17.4 Å². The predicted octanol–water partition coefficient (Wildman–Crippen LogP) is 1.75. The summed E-state index contributed by atoms with van der Waals surface area (Å²) in [4.78, 5) is 12.3. The van der Waals surface area contributed by atoms with Crippen molar-refractivity contribution in [3.63, 3.8) is 0 Å². The van der Waals surface area contributed by atoms with E-state index in [2.05, 4.69) is 31.1 Å². The Morgan fingerprint density at radius 1 is 1.29 bits per heavy atom. The molecule has 1 saturated heterocycles. The van der Waals surface area contributed by atoms with Crippen LogP contribution in [0, 0.1) is 0 Å². The first kappa shape index (κ1) is 16.4. The second kappa shape index (κ2) is 6.98. The van der Waals surface area contributed by atoms with Crippen LogP contribution in [0.25, 0.3) is 10.9 Å². The molecule has 3 aromatic rings. The summed E-state index contributed by atoms with van der Waals surface area (Å²) in [5, 5.41) is 22.1. The molecular weight excluding hydrogens is 330 g/mol. The molecule has 1 aromatic carbocycles. The highest BCUT2D eigenvalue weighted by Crippen LogP contribution is 2.19. The van der Waals surface area contributed by atoms with Crippen LogP contribution in [0.15, 0.2) is 30.6 Å². The maximum absolute atomic E-state index is 12.3. The van der Waals surface area contributed by atoms with E-state index in [9.17, 15) is 4.79 Å². The summed E-state index contributed by atoms with van der Waals surface area (Å²) in [6.07, 6.45) is 5.45. The smallest absolute Gasteiger partial charge is 0.277 e. The standard InChI is InChI=1S/C15H17N7O.ClH/c23-15(18-11-1-2-13-10(7-11)8-17-19-13)14-9-22(21-20-14)12-3-5-16-6-4-12;/h1-2,7-9,12,16H,3-6H2,(H,17,19)(H,18,23);1H. The van der Waals surface area contributed by atoms with E-state index >= 15 is 0 Å². The lowest BCUT2D eigenvalue weighted by Gasteiger charge is -2.22. The zero-order valence-corrected chi connectivity index (χ0v) is 13.7. The number of halogens is 1. The van der Waals surface area contributed by atoms with Crippen LogP contribution in [-0.2, 0) is 0 Å². The topological polar surface area (TPSA) is 101 Å². The van der Waals surface area contributed by atoms with Crippen molar-refractivity contribution in [3.05, 3.63) is 36.3 Å². The van der Waals surface area contributed by atoms with E-state index in [1.54, 1.807) is 17.1 Å². The maximum atomic E-state index is 12.3. The third-order valence-electron chi connectivity index (χ3n) is 4.12. The molecule has 0 saturated carbocycles. The van der Waals surface area contributed by atoms with Gasteiger partial charge in [0.25, 0.3) is 5.91 Å². The normalized spacial score (nSPS) is 15.2. The van der Waals surface area contributed by atoms with Gasteiger partial charge in [-0.1, -0.05) is 5.21 Å². The number of anilines is 1. The minimum absolute atomic E-state index is 0. The number of rotatable bonds is 3. The third-order valence-corrected chi connectivity index (χ3v) is 4.12. The Morgan fingerprint density at radius 2 is 2.12 bits per heavy atom. The number of aromatic amines is 1. The van der Waals surface area contributed by atoms with Gasteiger partial charge in [-0.05, 0) is 44.1 Å². The van der Waals surface area contributed by atoms with Gasteiger partial charge in [0, 0.05) is 11.1 Å².